The molecule has 1 heterocycles. The molecule has 0 bridgehead atoms. The van der Waals surface area contributed by atoms with Crippen molar-refractivity contribution in [3.8, 4) is 0 Å². The quantitative estimate of drug-likeness (QED) is 0.885. The summed E-state index contributed by atoms with van der Waals surface area (Å²) in [6.07, 6.45) is 0. The van der Waals surface area contributed by atoms with Gasteiger partial charge < -0.3 is 5.73 Å². The van der Waals surface area contributed by atoms with Crippen molar-refractivity contribution < 1.29 is 17.2 Å². The van der Waals surface area contributed by atoms with E-state index >= 15 is 0 Å². The molecule has 0 saturated heterocycles. The molecule has 0 radical (unpaired) electrons. The van der Waals surface area contributed by atoms with Crippen LogP contribution in [0, 0.1) is 11.6 Å². The summed E-state index contributed by atoms with van der Waals surface area (Å²) < 4.78 is 53.3. The third-order valence-electron chi connectivity index (χ3n) is 2.60. The number of hydrogen-bond acceptors (Lipinski definition) is 4. The predicted octanol–water partition coefficient (Wildman–Crippen LogP) is 1.96. The molecular weight excluding hydrogens is 306 g/mol. The van der Waals surface area contributed by atoms with E-state index in [0.29, 0.717) is 0 Å². The van der Waals surface area contributed by atoms with Gasteiger partial charge in [-0.2, -0.15) is 0 Å². The maximum Gasteiger partial charge on any atom is 0.243 e. The third kappa shape index (κ3) is 3.21. The molecule has 0 spiro atoms. The zero-order valence-corrected chi connectivity index (χ0v) is 11.9. The first-order valence-electron chi connectivity index (χ1n) is 5.64. The maximum atomic E-state index is 13.6. The Morgan fingerprint density at radius 2 is 2.05 bits per heavy atom. The minimum absolute atomic E-state index is 0.0217. The van der Waals surface area contributed by atoms with Crippen LogP contribution in [0.3, 0.4) is 0 Å². The number of sulfonamides is 1. The first-order chi connectivity index (χ1) is 9.44. The normalized spacial score (nSPS) is 11.8. The predicted molar refractivity (Wildman–Crippen MR) is 72.6 cm³/mol. The molecule has 1 aromatic heterocycles. The van der Waals surface area contributed by atoms with E-state index in [9.17, 15) is 17.2 Å². The first-order valence-corrected chi connectivity index (χ1v) is 8.00. The van der Waals surface area contributed by atoms with Gasteiger partial charge in [0.05, 0.1) is 0 Å². The van der Waals surface area contributed by atoms with Crippen LogP contribution in [0.5, 0.6) is 0 Å². The van der Waals surface area contributed by atoms with Crippen LogP contribution in [0.1, 0.15) is 10.4 Å². The Balaban J connectivity index is 2.31. The van der Waals surface area contributed by atoms with Crippen LogP contribution in [0.25, 0.3) is 0 Å². The Morgan fingerprint density at radius 3 is 2.65 bits per heavy atom. The lowest BCUT2D eigenvalue weighted by atomic mass is 10.2. The lowest BCUT2D eigenvalue weighted by Crippen LogP contribution is -2.24. The highest BCUT2D eigenvalue weighted by Crippen LogP contribution is 2.20. The van der Waals surface area contributed by atoms with Crippen molar-refractivity contribution in [1.82, 2.24) is 4.72 Å². The molecule has 0 amide bonds. The Morgan fingerprint density at radius 1 is 1.30 bits per heavy atom. The highest BCUT2D eigenvalue weighted by Gasteiger charge is 2.22. The zero-order valence-electron chi connectivity index (χ0n) is 10.3. The second-order valence-corrected chi connectivity index (χ2v) is 6.77. The molecule has 3 N–H and O–H groups in total. The number of nitrogens with one attached hydrogen (secondary N) is 1. The number of nitrogens with two attached hydrogens (primary N) is 1. The van der Waals surface area contributed by atoms with Gasteiger partial charge in [0.15, 0.2) is 11.6 Å². The number of hydrogen-bond donors (Lipinski definition) is 2. The summed E-state index contributed by atoms with van der Waals surface area (Å²) in [6, 6.07) is 5.42. The van der Waals surface area contributed by atoms with Crippen molar-refractivity contribution in [3.63, 3.8) is 0 Å². The van der Waals surface area contributed by atoms with E-state index in [4.69, 9.17) is 5.73 Å². The second kappa shape index (κ2) is 5.96. The largest absolute Gasteiger partial charge is 0.326 e. The van der Waals surface area contributed by atoms with Gasteiger partial charge in [-0.25, -0.2) is 21.9 Å². The summed E-state index contributed by atoms with van der Waals surface area (Å²) in [7, 11) is -4.14. The van der Waals surface area contributed by atoms with Gasteiger partial charge in [0.2, 0.25) is 10.0 Å². The standard InChI is InChI=1S/C12H12F2N2O2S2/c13-10-4-8(6-15)5-11(12(10)14)20(17,18)16-7-9-2-1-3-19-9/h1-5,16H,6-7,15H2. The molecule has 0 unspecified atom stereocenters. The van der Waals surface area contributed by atoms with Crippen LogP contribution >= 0.6 is 11.3 Å². The van der Waals surface area contributed by atoms with E-state index in [1.807, 2.05) is 0 Å². The molecule has 0 aliphatic heterocycles. The minimum atomic E-state index is -4.14. The van der Waals surface area contributed by atoms with E-state index in [0.717, 1.165) is 17.0 Å². The number of thiophene rings is 1. The van der Waals surface area contributed by atoms with Crippen molar-refractivity contribution in [1.29, 1.82) is 0 Å². The van der Waals surface area contributed by atoms with E-state index in [1.165, 1.54) is 11.3 Å². The Labute approximate surface area is 119 Å². The Bertz CT molecular complexity index is 700. The van der Waals surface area contributed by atoms with Gasteiger partial charge in [-0.1, -0.05) is 6.07 Å². The smallest absolute Gasteiger partial charge is 0.243 e. The van der Waals surface area contributed by atoms with Crippen LogP contribution < -0.4 is 10.5 Å². The lowest BCUT2D eigenvalue weighted by molar-refractivity contribution is 0.481. The number of halogens is 2. The third-order valence-corrected chi connectivity index (χ3v) is 4.87. The van der Waals surface area contributed by atoms with E-state index in [-0.39, 0.29) is 18.7 Å². The van der Waals surface area contributed by atoms with Crippen molar-refractivity contribution in [3.05, 3.63) is 51.7 Å². The molecule has 0 fully saturated rings. The van der Waals surface area contributed by atoms with Crippen LogP contribution in [-0.2, 0) is 23.1 Å². The van der Waals surface area contributed by atoms with Gasteiger partial charge in [0.25, 0.3) is 0 Å². The summed E-state index contributed by atoms with van der Waals surface area (Å²) in [5.74, 6) is -2.63. The Hall–Kier alpha value is -1.35. The van der Waals surface area contributed by atoms with Crippen LogP contribution in [0.15, 0.2) is 34.5 Å². The number of rotatable bonds is 5. The second-order valence-electron chi connectivity index (χ2n) is 4.00. The highest BCUT2D eigenvalue weighted by atomic mass is 32.2. The molecule has 0 aliphatic rings. The van der Waals surface area contributed by atoms with Crippen LogP contribution in [0.2, 0.25) is 0 Å². The van der Waals surface area contributed by atoms with Gasteiger partial charge in [-0.15, -0.1) is 11.3 Å². The molecule has 1 aromatic carbocycles. The molecule has 4 nitrogen and oxygen atoms in total. The highest BCUT2D eigenvalue weighted by molar-refractivity contribution is 7.89. The summed E-state index contributed by atoms with van der Waals surface area (Å²) >= 11 is 1.36. The van der Waals surface area contributed by atoms with Crippen molar-refractivity contribution in [2.24, 2.45) is 5.73 Å². The number of benzene rings is 1. The molecule has 0 aliphatic carbocycles. The first kappa shape index (κ1) is 15.0. The fourth-order valence-corrected chi connectivity index (χ4v) is 3.46. The van der Waals surface area contributed by atoms with Crippen LogP contribution in [-0.4, -0.2) is 8.42 Å². The van der Waals surface area contributed by atoms with E-state index in [1.54, 1.807) is 17.5 Å². The molecule has 0 atom stereocenters. The summed E-state index contributed by atoms with van der Waals surface area (Å²) in [5.41, 5.74) is 5.54. The molecule has 20 heavy (non-hydrogen) atoms. The monoisotopic (exact) mass is 318 g/mol. The molecule has 8 heteroatoms. The van der Waals surface area contributed by atoms with Gasteiger partial charge >= 0.3 is 0 Å². The van der Waals surface area contributed by atoms with Gasteiger partial charge in [-0.05, 0) is 29.1 Å². The van der Waals surface area contributed by atoms with Crippen molar-refractivity contribution >= 4 is 21.4 Å². The summed E-state index contributed by atoms with van der Waals surface area (Å²) in [4.78, 5) is 0.0407. The van der Waals surface area contributed by atoms with Crippen molar-refractivity contribution in [2.75, 3.05) is 0 Å². The van der Waals surface area contributed by atoms with E-state index < -0.39 is 26.6 Å². The zero-order chi connectivity index (χ0) is 14.8. The Kier molecular flexibility index (Phi) is 4.48. The SMILES string of the molecule is NCc1cc(F)c(F)c(S(=O)(=O)NCc2cccs2)c1. The topological polar surface area (TPSA) is 72.2 Å². The minimum Gasteiger partial charge on any atom is -0.326 e. The van der Waals surface area contributed by atoms with Crippen molar-refractivity contribution in [2.45, 2.75) is 18.0 Å². The fraction of sp³-hybridized carbons (Fsp3) is 0.167. The molecule has 108 valence electrons. The summed E-state index contributed by atoms with van der Waals surface area (Å²) in [5, 5.41) is 1.79. The van der Waals surface area contributed by atoms with Gasteiger partial charge in [-0.3, -0.25) is 0 Å². The average Bonchev–Trinajstić information content (AvgIpc) is 2.92. The fourth-order valence-electron chi connectivity index (χ4n) is 1.59. The summed E-state index contributed by atoms with van der Waals surface area (Å²) in [6.45, 7) is -0.0570. The lowest BCUT2D eigenvalue weighted by Gasteiger charge is -2.09. The van der Waals surface area contributed by atoms with Gasteiger partial charge in [0, 0.05) is 18.0 Å². The maximum absolute atomic E-state index is 13.6. The molecule has 0 saturated carbocycles. The molecular formula is C12H12F2N2O2S2. The average molecular weight is 318 g/mol. The molecule has 2 rings (SSSR count). The molecule has 2 aromatic rings. The van der Waals surface area contributed by atoms with Crippen LogP contribution in [0.4, 0.5) is 8.78 Å². The van der Waals surface area contributed by atoms with E-state index in [2.05, 4.69) is 4.72 Å². The van der Waals surface area contributed by atoms with Gasteiger partial charge in [0.1, 0.15) is 4.90 Å².